The van der Waals surface area contributed by atoms with Gasteiger partial charge in [0.15, 0.2) is 11.5 Å². The standard InChI is InChI=1S/C13H21NO2/c1-5-14-9-11-7-6-8-12(15-4)13(11)16-10(2)3/h6-8,10,14H,5,9H2,1-4H3. The molecule has 0 heterocycles. The molecule has 1 N–H and O–H groups in total. The van der Waals surface area contributed by atoms with Crippen LogP contribution in [-0.4, -0.2) is 19.8 Å². The third-order valence-corrected chi connectivity index (χ3v) is 2.20. The lowest BCUT2D eigenvalue weighted by atomic mass is 10.2. The first-order chi connectivity index (χ1) is 7.69. The Labute approximate surface area is 97.8 Å². The van der Waals surface area contributed by atoms with Crippen molar-refractivity contribution in [3.63, 3.8) is 0 Å². The predicted molar refractivity (Wildman–Crippen MR) is 66.1 cm³/mol. The molecule has 3 nitrogen and oxygen atoms in total. The second-order valence-corrected chi connectivity index (χ2v) is 3.90. The highest BCUT2D eigenvalue weighted by molar-refractivity contribution is 5.46. The zero-order chi connectivity index (χ0) is 12.0. The Bertz CT molecular complexity index is 324. The summed E-state index contributed by atoms with van der Waals surface area (Å²) in [6, 6.07) is 5.97. The van der Waals surface area contributed by atoms with Crippen molar-refractivity contribution in [2.45, 2.75) is 33.4 Å². The van der Waals surface area contributed by atoms with Crippen molar-refractivity contribution in [3.05, 3.63) is 23.8 Å². The van der Waals surface area contributed by atoms with E-state index < -0.39 is 0 Å². The predicted octanol–water partition coefficient (Wildman–Crippen LogP) is 2.59. The van der Waals surface area contributed by atoms with Gasteiger partial charge < -0.3 is 14.8 Å². The highest BCUT2D eigenvalue weighted by Gasteiger charge is 2.11. The van der Waals surface area contributed by atoms with Gasteiger partial charge in [-0.05, 0) is 26.5 Å². The number of methoxy groups -OCH3 is 1. The van der Waals surface area contributed by atoms with E-state index in [1.54, 1.807) is 7.11 Å². The van der Waals surface area contributed by atoms with Gasteiger partial charge in [-0.25, -0.2) is 0 Å². The van der Waals surface area contributed by atoms with E-state index in [0.717, 1.165) is 30.2 Å². The van der Waals surface area contributed by atoms with E-state index >= 15 is 0 Å². The minimum atomic E-state index is 0.150. The third-order valence-electron chi connectivity index (χ3n) is 2.20. The van der Waals surface area contributed by atoms with Crippen molar-refractivity contribution in [1.82, 2.24) is 5.32 Å². The molecule has 0 aliphatic carbocycles. The molecule has 90 valence electrons. The topological polar surface area (TPSA) is 30.5 Å². The molecule has 1 aromatic carbocycles. The summed E-state index contributed by atoms with van der Waals surface area (Å²) < 4.78 is 11.1. The molecule has 3 heteroatoms. The van der Waals surface area contributed by atoms with Crippen LogP contribution in [0.1, 0.15) is 26.3 Å². The summed E-state index contributed by atoms with van der Waals surface area (Å²) in [5.41, 5.74) is 1.13. The Balaban J connectivity index is 2.95. The largest absolute Gasteiger partial charge is 0.493 e. The molecule has 0 fully saturated rings. The highest BCUT2D eigenvalue weighted by atomic mass is 16.5. The van der Waals surface area contributed by atoms with E-state index in [-0.39, 0.29) is 6.10 Å². The lowest BCUT2D eigenvalue weighted by Crippen LogP contribution is -2.15. The Kier molecular flexibility index (Phi) is 5.12. The number of nitrogens with one attached hydrogen (secondary N) is 1. The van der Waals surface area contributed by atoms with Gasteiger partial charge in [-0.2, -0.15) is 0 Å². The van der Waals surface area contributed by atoms with Crippen LogP contribution in [0.5, 0.6) is 11.5 Å². The second kappa shape index (κ2) is 6.38. The monoisotopic (exact) mass is 223 g/mol. The van der Waals surface area contributed by atoms with E-state index in [1.807, 2.05) is 26.0 Å². The molecule has 16 heavy (non-hydrogen) atoms. The quantitative estimate of drug-likeness (QED) is 0.804. The molecule has 0 aliphatic heterocycles. The SMILES string of the molecule is CCNCc1cccc(OC)c1OC(C)C. The van der Waals surface area contributed by atoms with Crippen LogP contribution in [0.15, 0.2) is 18.2 Å². The van der Waals surface area contributed by atoms with Gasteiger partial charge in [0.1, 0.15) is 0 Å². The van der Waals surface area contributed by atoms with E-state index in [2.05, 4.69) is 18.3 Å². The number of ether oxygens (including phenoxy) is 2. The van der Waals surface area contributed by atoms with Crippen molar-refractivity contribution >= 4 is 0 Å². The van der Waals surface area contributed by atoms with Gasteiger partial charge >= 0.3 is 0 Å². The molecule has 1 rings (SSSR count). The normalized spacial score (nSPS) is 10.6. The van der Waals surface area contributed by atoms with Crippen molar-refractivity contribution in [3.8, 4) is 11.5 Å². The van der Waals surface area contributed by atoms with Gasteiger partial charge in [0.2, 0.25) is 0 Å². The smallest absolute Gasteiger partial charge is 0.166 e. The summed E-state index contributed by atoms with van der Waals surface area (Å²) in [6.07, 6.45) is 0.150. The first-order valence-corrected chi connectivity index (χ1v) is 5.72. The molecule has 0 saturated heterocycles. The van der Waals surface area contributed by atoms with Gasteiger partial charge in [0.05, 0.1) is 13.2 Å². The lowest BCUT2D eigenvalue weighted by Gasteiger charge is -2.17. The molecule has 0 aliphatic rings. The summed E-state index contributed by atoms with van der Waals surface area (Å²) in [6.45, 7) is 7.87. The van der Waals surface area contributed by atoms with Crippen LogP contribution in [0.3, 0.4) is 0 Å². The fraction of sp³-hybridized carbons (Fsp3) is 0.538. The molecule has 0 atom stereocenters. The molecule has 1 aromatic rings. The summed E-state index contributed by atoms with van der Waals surface area (Å²) in [7, 11) is 1.67. The summed E-state index contributed by atoms with van der Waals surface area (Å²) >= 11 is 0. The van der Waals surface area contributed by atoms with Crippen LogP contribution in [0.25, 0.3) is 0 Å². The molecule has 0 radical (unpaired) electrons. The lowest BCUT2D eigenvalue weighted by molar-refractivity contribution is 0.227. The Morgan fingerprint density at radius 1 is 1.31 bits per heavy atom. The fourth-order valence-corrected chi connectivity index (χ4v) is 1.49. The summed E-state index contributed by atoms with van der Waals surface area (Å²) in [4.78, 5) is 0. The second-order valence-electron chi connectivity index (χ2n) is 3.90. The molecule has 0 aromatic heterocycles. The maximum Gasteiger partial charge on any atom is 0.166 e. The molecular formula is C13H21NO2. The van der Waals surface area contributed by atoms with E-state index in [0.29, 0.717) is 0 Å². The number of hydrogen-bond donors (Lipinski definition) is 1. The van der Waals surface area contributed by atoms with Gasteiger partial charge in [0, 0.05) is 12.1 Å². The average Bonchev–Trinajstić information content (AvgIpc) is 2.27. The molecular weight excluding hydrogens is 202 g/mol. The first-order valence-electron chi connectivity index (χ1n) is 5.72. The van der Waals surface area contributed by atoms with Crippen LogP contribution in [0, 0.1) is 0 Å². The summed E-state index contributed by atoms with van der Waals surface area (Å²) in [5.74, 6) is 1.64. The highest BCUT2D eigenvalue weighted by Crippen LogP contribution is 2.31. The average molecular weight is 223 g/mol. The first kappa shape index (κ1) is 12.8. The van der Waals surface area contributed by atoms with E-state index in [1.165, 1.54) is 0 Å². The molecule has 0 amide bonds. The maximum atomic E-state index is 5.80. The minimum absolute atomic E-state index is 0.150. The third kappa shape index (κ3) is 3.42. The maximum absolute atomic E-state index is 5.80. The minimum Gasteiger partial charge on any atom is -0.493 e. The van der Waals surface area contributed by atoms with Crippen molar-refractivity contribution in [2.24, 2.45) is 0 Å². The number of benzene rings is 1. The number of hydrogen-bond acceptors (Lipinski definition) is 3. The van der Waals surface area contributed by atoms with Crippen LogP contribution >= 0.6 is 0 Å². The van der Waals surface area contributed by atoms with Crippen molar-refractivity contribution in [2.75, 3.05) is 13.7 Å². The van der Waals surface area contributed by atoms with Gasteiger partial charge in [0.25, 0.3) is 0 Å². The van der Waals surface area contributed by atoms with Crippen molar-refractivity contribution < 1.29 is 9.47 Å². The van der Waals surface area contributed by atoms with Crippen LogP contribution in [-0.2, 0) is 6.54 Å². The van der Waals surface area contributed by atoms with Crippen LogP contribution in [0.4, 0.5) is 0 Å². The Hall–Kier alpha value is -1.22. The van der Waals surface area contributed by atoms with Crippen LogP contribution in [0.2, 0.25) is 0 Å². The molecule has 0 unspecified atom stereocenters. The van der Waals surface area contributed by atoms with Gasteiger partial charge in [-0.15, -0.1) is 0 Å². The Morgan fingerprint density at radius 2 is 2.06 bits per heavy atom. The molecule has 0 saturated carbocycles. The zero-order valence-corrected chi connectivity index (χ0v) is 10.5. The van der Waals surface area contributed by atoms with E-state index in [4.69, 9.17) is 9.47 Å². The van der Waals surface area contributed by atoms with Crippen molar-refractivity contribution in [1.29, 1.82) is 0 Å². The Morgan fingerprint density at radius 3 is 2.62 bits per heavy atom. The van der Waals surface area contributed by atoms with Crippen LogP contribution < -0.4 is 14.8 Å². The van der Waals surface area contributed by atoms with E-state index in [9.17, 15) is 0 Å². The van der Waals surface area contributed by atoms with Gasteiger partial charge in [-0.3, -0.25) is 0 Å². The zero-order valence-electron chi connectivity index (χ0n) is 10.5. The molecule has 0 bridgehead atoms. The fourth-order valence-electron chi connectivity index (χ4n) is 1.49. The van der Waals surface area contributed by atoms with Gasteiger partial charge in [-0.1, -0.05) is 19.1 Å². The molecule has 0 spiro atoms. The number of rotatable bonds is 6. The summed E-state index contributed by atoms with van der Waals surface area (Å²) in [5, 5.41) is 3.29. The number of para-hydroxylation sites is 1.